The number of amides is 1. The zero-order chi connectivity index (χ0) is 10.2. The second-order valence-electron chi connectivity index (χ2n) is 4.25. The number of aliphatic imine (C=N–C) groups is 1. The van der Waals surface area contributed by atoms with Gasteiger partial charge in [0.05, 0.1) is 0 Å². The molecule has 0 aromatic heterocycles. The monoisotopic (exact) mass is 195 g/mol. The summed E-state index contributed by atoms with van der Waals surface area (Å²) < 4.78 is 0. The van der Waals surface area contributed by atoms with Crippen LogP contribution in [0.3, 0.4) is 0 Å². The van der Waals surface area contributed by atoms with Crippen LogP contribution in [0.2, 0.25) is 0 Å². The molecule has 2 unspecified atom stereocenters. The minimum absolute atomic E-state index is 0.106. The first-order chi connectivity index (χ1) is 6.70. The number of carbonyl (C=O) groups excluding carboxylic acids is 1. The van der Waals surface area contributed by atoms with Gasteiger partial charge in [-0.2, -0.15) is 0 Å². The van der Waals surface area contributed by atoms with Crippen molar-refractivity contribution in [3.05, 3.63) is 0 Å². The number of hydrogen-bond acceptors (Lipinski definition) is 2. The number of nitrogens with one attached hydrogen (secondary N) is 2. The number of rotatable bonds is 1. The quantitative estimate of drug-likeness (QED) is 0.645. The Morgan fingerprint density at radius 3 is 2.93 bits per heavy atom. The van der Waals surface area contributed by atoms with Crippen LogP contribution in [0, 0.1) is 5.92 Å². The summed E-state index contributed by atoms with van der Waals surface area (Å²) >= 11 is 0. The summed E-state index contributed by atoms with van der Waals surface area (Å²) in [5, 5.41) is 6.00. The van der Waals surface area contributed by atoms with E-state index < -0.39 is 0 Å². The molecule has 0 aromatic rings. The Balaban J connectivity index is 2.15. The first-order valence-corrected chi connectivity index (χ1v) is 5.26. The zero-order valence-corrected chi connectivity index (χ0v) is 8.76. The molecule has 1 heterocycles. The third-order valence-electron chi connectivity index (χ3n) is 3.44. The Labute approximate surface area is 84.2 Å². The number of carbonyl (C=O) groups is 1. The molecule has 0 radical (unpaired) electrons. The van der Waals surface area contributed by atoms with E-state index in [4.69, 9.17) is 0 Å². The van der Waals surface area contributed by atoms with Gasteiger partial charge in [-0.05, 0) is 25.2 Å². The van der Waals surface area contributed by atoms with Gasteiger partial charge >= 0.3 is 0 Å². The van der Waals surface area contributed by atoms with Gasteiger partial charge in [0.1, 0.15) is 5.54 Å². The van der Waals surface area contributed by atoms with Crippen LogP contribution in [0.4, 0.5) is 0 Å². The van der Waals surface area contributed by atoms with E-state index in [0.717, 1.165) is 25.7 Å². The van der Waals surface area contributed by atoms with Crippen molar-refractivity contribution in [2.45, 2.75) is 38.1 Å². The standard InChI is InChI=1S/C10H17N3O/c1-3-7-4-5-10(6-7)8(14)12-9(11-2)13-10/h7H,3-6H2,1-2H3,(H2,11,12,13,14). The molecule has 4 heteroatoms. The molecule has 1 spiro atoms. The molecule has 2 atom stereocenters. The van der Waals surface area contributed by atoms with Crippen LogP contribution < -0.4 is 10.6 Å². The predicted octanol–water partition coefficient (Wildman–Crippen LogP) is 0.640. The van der Waals surface area contributed by atoms with Gasteiger partial charge in [-0.15, -0.1) is 0 Å². The van der Waals surface area contributed by atoms with Crippen molar-refractivity contribution in [3.8, 4) is 0 Å². The number of guanidine groups is 1. The molecular formula is C10H17N3O. The summed E-state index contributed by atoms with van der Waals surface area (Å²) in [6, 6.07) is 0. The van der Waals surface area contributed by atoms with E-state index in [1.54, 1.807) is 7.05 Å². The van der Waals surface area contributed by atoms with Crippen molar-refractivity contribution in [2.24, 2.45) is 10.9 Å². The van der Waals surface area contributed by atoms with E-state index in [1.165, 1.54) is 0 Å². The maximum atomic E-state index is 11.8. The Kier molecular flexibility index (Phi) is 2.21. The maximum absolute atomic E-state index is 11.8. The van der Waals surface area contributed by atoms with Gasteiger partial charge in [-0.3, -0.25) is 15.1 Å². The largest absolute Gasteiger partial charge is 0.342 e. The van der Waals surface area contributed by atoms with Gasteiger partial charge in [-0.25, -0.2) is 0 Å². The fourth-order valence-corrected chi connectivity index (χ4v) is 2.47. The van der Waals surface area contributed by atoms with Gasteiger partial charge in [0.25, 0.3) is 5.91 Å². The lowest BCUT2D eigenvalue weighted by Crippen LogP contribution is -2.44. The van der Waals surface area contributed by atoms with Crippen molar-refractivity contribution in [2.75, 3.05) is 7.05 Å². The van der Waals surface area contributed by atoms with E-state index in [1.807, 2.05) is 0 Å². The molecule has 0 aromatic carbocycles. The van der Waals surface area contributed by atoms with E-state index in [2.05, 4.69) is 22.5 Å². The van der Waals surface area contributed by atoms with Crippen LogP contribution in [0.25, 0.3) is 0 Å². The summed E-state index contributed by atoms with van der Waals surface area (Å²) in [6.07, 6.45) is 4.20. The third kappa shape index (κ3) is 1.29. The molecule has 4 nitrogen and oxygen atoms in total. The van der Waals surface area contributed by atoms with Crippen molar-refractivity contribution in [1.82, 2.24) is 10.6 Å². The topological polar surface area (TPSA) is 53.5 Å². The Bertz CT molecular complexity index is 287. The first kappa shape index (κ1) is 9.49. The highest BCUT2D eigenvalue weighted by Gasteiger charge is 2.49. The van der Waals surface area contributed by atoms with Crippen LogP contribution in [-0.2, 0) is 4.79 Å². The SMILES string of the molecule is CCC1CCC2(C1)NC(=NC)NC2=O. The Morgan fingerprint density at radius 1 is 1.64 bits per heavy atom. The van der Waals surface area contributed by atoms with Gasteiger partial charge in [0.15, 0.2) is 5.96 Å². The molecule has 2 N–H and O–H groups in total. The molecule has 0 bridgehead atoms. The molecule has 78 valence electrons. The average Bonchev–Trinajstić information content (AvgIpc) is 2.74. The molecule has 1 aliphatic carbocycles. The summed E-state index contributed by atoms with van der Waals surface area (Å²) in [7, 11) is 1.69. The van der Waals surface area contributed by atoms with Crippen LogP contribution in [-0.4, -0.2) is 24.5 Å². The highest BCUT2D eigenvalue weighted by atomic mass is 16.2. The molecule has 2 fully saturated rings. The second-order valence-corrected chi connectivity index (χ2v) is 4.25. The smallest absolute Gasteiger partial charge is 0.252 e. The normalized spacial score (nSPS) is 39.1. The van der Waals surface area contributed by atoms with Gasteiger partial charge in [-0.1, -0.05) is 13.3 Å². The Hall–Kier alpha value is -1.06. The van der Waals surface area contributed by atoms with Crippen LogP contribution in [0.1, 0.15) is 32.6 Å². The van der Waals surface area contributed by atoms with Crippen molar-refractivity contribution in [3.63, 3.8) is 0 Å². The molecule has 1 saturated carbocycles. The Morgan fingerprint density at radius 2 is 2.43 bits per heavy atom. The molecule has 2 aliphatic rings. The number of nitrogens with zero attached hydrogens (tertiary/aromatic N) is 1. The molecule has 2 rings (SSSR count). The molecule has 1 saturated heterocycles. The van der Waals surface area contributed by atoms with Crippen molar-refractivity contribution in [1.29, 1.82) is 0 Å². The molecule has 14 heavy (non-hydrogen) atoms. The predicted molar refractivity (Wildman–Crippen MR) is 55.0 cm³/mol. The lowest BCUT2D eigenvalue weighted by Gasteiger charge is -2.19. The van der Waals surface area contributed by atoms with E-state index in [0.29, 0.717) is 11.9 Å². The highest BCUT2D eigenvalue weighted by Crippen LogP contribution is 2.37. The zero-order valence-electron chi connectivity index (χ0n) is 8.76. The molecular weight excluding hydrogens is 178 g/mol. The summed E-state index contributed by atoms with van der Waals surface area (Å²) in [5.41, 5.74) is -0.338. The molecule has 1 aliphatic heterocycles. The average molecular weight is 195 g/mol. The fourth-order valence-electron chi connectivity index (χ4n) is 2.47. The van der Waals surface area contributed by atoms with Crippen LogP contribution in [0.15, 0.2) is 4.99 Å². The van der Waals surface area contributed by atoms with Gasteiger partial charge in [0, 0.05) is 7.05 Å². The van der Waals surface area contributed by atoms with Crippen LogP contribution >= 0.6 is 0 Å². The lowest BCUT2D eigenvalue weighted by atomic mass is 9.95. The van der Waals surface area contributed by atoms with Crippen LogP contribution in [0.5, 0.6) is 0 Å². The fraction of sp³-hybridized carbons (Fsp3) is 0.800. The first-order valence-electron chi connectivity index (χ1n) is 5.26. The van der Waals surface area contributed by atoms with E-state index >= 15 is 0 Å². The third-order valence-corrected chi connectivity index (χ3v) is 3.44. The van der Waals surface area contributed by atoms with Crippen molar-refractivity contribution >= 4 is 11.9 Å². The van der Waals surface area contributed by atoms with Gasteiger partial charge < -0.3 is 5.32 Å². The highest BCUT2D eigenvalue weighted by molar-refractivity contribution is 6.09. The van der Waals surface area contributed by atoms with E-state index in [-0.39, 0.29) is 11.4 Å². The summed E-state index contributed by atoms with van der Waals surface area (Å²) in [6.45, 7) is 2.19. The second kappa shape index (κ2) is 3.26. The number of hydrogen-bond donors (Lipinski definition) is 2. The minimum atomic E-state index is -0.338. The summed E-state index contributed by atoms with van der Waals surface area (Å²) in [4.78, 5) is 15.8. The summed E-state index contributed by atoms with van der Waals surface area (Å²) in [5.74, 6) is 1.42. The minimum Gasteiger partial charge on any atom is -0.342 e. The van der Waals surface area contributed by atoms with E-state index in [9.17, 15) is 4.79 Å². The van der Waals surface area contributed by atoms with Gasteiger partial charge in [0.2, 0.25) is 0 Å². The van der Waals surface area contributed by atoms with Crippen molar-refractivity contribution < 1.29 is 4.79 Å². The molecule has 1 amide bonds. The lowest BCUT2D eigenvalue weighted by molar-refractivity contribution is -0.123. The maximum Gasteiger partial charge on any atom is 0.252 e.